The molecule has 1 aromatic rings. The van der Waals surface area contributed by atoms with Gasteiger partial charge >= 0.3 is 0 Å². The van der Waals surface area contributed by atoms with Crippen LogP contribution < -0.4 is 5.43 Å². The Balaban J connectivity index is 2.27. The maximum Gasteiger partial charge on any atom is 0.259 e. The third kappa shape index (κ3) is 2.57. The molecule has 2 heterocycles. The average molecular weight is 271 g/mol. The van der Waals surface area contributed by atoms with Crippen molar-refractivity contribution in [2.24, 2.45) is 0 Å². The number of aryl methyl sites for hydroxylation is 1. The number of nitrogens with zero attached hydrogens (tertiary/aromatic N) is 1. The van der Waals surface area contributed by atoms with E-state index in [1.807, 2.05) is 0 Å². The maximum atomic E-state index is 12.3. The first-order valence-electron chi connectivity index (χ1n) is 5.77. The number of amides is 1. The maximum absolute atomic E-state index is 12.3. The molecule has 1 aliphatic rings. The summed E-state index contributed by atoms with van der Waals surface area (Å²) in [5.74, 6) is 0.0142. The zero-order chi connectivity index (χ0) is 13.1. The lowest BCUT2D eigenvalue weighted by atomic mass is 10.1. The van der Waals surface area contributed by atoms with Crippen molar-refractivity contribution in [2.75, 3.05) is 25.6 Å². The SMILES string of the molecule is Cc1cc(=O)c(C(=O)N2CCOCC2CCl)c[nH]1. The number of morpholine rings is 1. The van der Waals surface area contributed by atoms with Crippen LogP contribution in [0.2, 0.25) is 0 Å². The molecule has 5 nitrogen and oxygen atoms in total. The van der Waals surface area contributed by atoms with Crippen molar-refractivity contribution in [1.82, 2.24) is 9.88 Å². The van der Waals surface area contributed by atoms with Crippen LogP contribution in [0.3, 0.4) is 0 Å². The first-order chi connectivity index (χ1) is 8.63. The van der Waals surface area contributed by atoms with E-state index in [1.54, 1.807) is 11.8 Å². The summed E-state index contributed by atoms with van der Waals surface area (Å²) < 4.78 is 5.27. The normalized spacial score (nSPS) is 19.9. The number of ether oxygens (including phenoxy) is 1. The van der Waals surface area contributed by atoms with E-state index >= 15 is 0 Å². The van der Waals surface area contributed by atoms with Gasteiger partial charge in [0.1, 0.15) is 5.56 Å². The predicted molar refractivity (Wildman–Crippen MR) is 68.2 cm³/mol. The molecular formula is C12H15ClN2O3. The minimum absolute atomic E-state index is 0.151. The Labute approximate surface area is 110 Å². The lowest BCUT2D eigenvalue weighted by molar-refractivity contribution is 0.00446. The largest absolute Gasteiger partial charge is 0.377 e. The molecule has 1 saturated heterocycles. The average Bonchev–Trinajstić information content (AvgIpc) is 2.38. The van der Waals surface area contributed by atoms with E-state index in [9.17, 15) is 9.59 Å². The van der Waals surface area contributed by atoms with Crippen LogP contribution in [0.4, 0.5) is 0 Å². The van der Waals surface area contributed by atoms with Gasteiger partial charge in [-0.15, -0.1) is 11.6 Å². The molecule has 1 N–H and O–H groups in total. The lowest BCUT2D eigenvalue weighted by Crippen LogP contribution is -2.50. The predicted octanol–water partition coefficient (Wildman–Crippen LogP) is 0.763. The molecule has 6 heteroatoms. The molecule has 0 aromatic carbocycles. The van der Waals surface area contributed by atoms with E-state index < -0.39 is 0 Å². The summed E-state index contributed by atoms with van der Waals surface area (Å²) in [5, 5.41) is 0. The fourth-order valence-electron chi connectivity index (χ4n) is 1.95. The Morgan fingerprint density at radius 2 is 2.44 bits per heavy atom. The van der Waals surface area contributed by atoms with E-state index in [0.29, 0.717) is 25.6 Å². The summed E-state index contributed by atoms with van der Waals surface area (Å²) >= 11 is 5.81. The van der Waals surface area contributed by atoms with Crippen molar-refractivity contribution in [3.05, 3.63) is 33.7 Å². The van der Waals surface area contributed by atoms with Crippen molar-refractivity contribution in [3.8, 4) is 0 Å². The third-order valence-electron chi connectivity index (χ3n) is 2.95. The Kier molecular flexibility index (Phi) is 4.04. The molecule has 1 fully saturated rings. The highest BCUT2D eigenvalue weighted by Gasteiger charge is 2.28. The number of aromatic nitrogens is 1. The van der Waals surface area contributed by atoms with Crippen LogP contribution in [-0.4, -0.2) is 47.5 Å². The van der Waals surface area contributed by atoms with Gasteiger partial charge in [0, 0.05) is 30.4 Å². The smallest absolute Gasteiger partial charge is 0.259 e. The number of aromatic amines is 1. The number of hydrogen-bond acceptors (Lipinski definition) is 3. The first kappa shape index (κ1) is 13.1. The number of alkyl halides is 1. The Morgan fingerprint density at radius 1 is 1.67 bits per heavy atom. The molecule has 1 unspecified atom stereocenters. The second kappa shape index (κ2) is 5.54. The van der Waals surface area contributed by atoms with Crippen molar-refractivity contribution < 1.29 is 9.53 Å². The van der Waals surface area contributed by atoms with Crippen molar-refractivity contribution in [1.29, 1.82) is 0 Å². The summed E-state index contributed by atoms with van der Waals surface area (Å²) in [6.45, 7) is 3.12. The van der Waals surface area contributed by atoms with Gasteiger partial charge in [-0.1, -0.05) is 0 Å². The standard InChI is InChI=1S/C12H15ClN2O3/c1-8-4-11(16)10(6-14-8)12(17)15-2-3-18-7-9(15)5-13/h4,6,9H,2-3,5,7H2,1H3,(H,14,16). The van der Waals surface area contributed by atoms with Gasteiger partial charge in [-0.25, -0.2) is 0 Å². The molecule has 18 heavy (non-hydrogen) atoms. The molecule has 0 spiro atoms. The van der Waals surface area contributed by atoms with Crippen LogP contribution >= 0.6 is 11.6 Å². The molecule has 98 valence electrons. The first-order valence-corrected chi connectivity index (χ1v) is 6.31. The quantitative estimate of drug-likeness (QED) is 0.807. The highest BCUT2D eigenvalue weighted by atomic mass is 35.5. The van der Waals surface area contributed by atoms with Crippen LogP contribution in [0.15, 0.2) is 17.1 Å². The summed E-state index contributed by atoms with van der Waals surface area (Å²) in [7, 11) is 0. The Hall–Kier alpha value is -1.33. The van der Waals surface area contributed by atoms with Gasteiger partial charge in [0.2, 0.25) is 0 Å². The molecule has 0 aliphatic carbocycles. The van der Waals surface area contributed by atoms with Gasteiger partial charge in [-0.05, 0) is 6.92 Å². The topological polar surface area (TPSA) is 62.4 Å². The van der Waals surface area contributed by atoms with E-state index in [0.717, 1.165) is 5.69 Å². The summed E-state index contributed by atoms with van der Waals surface area (Å²) in [6.07, 6.45) is 1.46. The summed E-state index contributed by atoms with van der Waals surface area (Å²) in [4.78, 5) is 28.6. The zero-order valence-corrected chi connectivity index (χ0v) is 10.9. The summed E-state index contributed by atoms with van der Waals surface area (Å²) in [6, 6.07) is 1.25. The molecule has 2 rings (SSSR count). The molecule has 0 bridgehead atoms. The number of pyridine rings is 1. The van der Waals surface area contributed by atoms with E-state index in [4.69, 9.17) is 16.3 Å². The van der Waals surface area contributed by atoms with E-state index in [2.05, 4.69) is 4.98 Å². The fraction of sp³-hybridized carbons (Fsp3) is 0.500. The zero-order valence-electron chi connectivity index (χ0n) is 10.1. The van der Waals surface area contributed by atoms with Crippen LogP contribution in [0.5, 0.6) is 0 Å². The van der Waals surface area contributed by atoms with E-state index in [-0.39, 0.29) is 22.9 Å². The third-order valence-corrected chi connectivity index (χ3v) is 3.31. The van der Waals surface area contributed by atoms with Crippen LogP contribution in [0, 0.1) is 6.92 Å². The highest BCUT2D eigenvalue weighted by Crippen LogP contribution is 2.11. The minimum atomic E-state index is -0.287. The summed E-state index contributed by atoms with van der Waals surface area (Å²) in [5.41, 5.74) is 0.612. The highest BCUT2D eigenvalue weighted by molar-refractivity contribution is 6.18. The lowest BCUT2D eigenvalue weighted by Gasteiger charge is -2.34. The second-order valence-corrected chi connectivity index (χ2v) is 4.58. The van der Waals surface area contributed by atoms with Crippen LogP contribution in [0.25, 0.3) is 0 Å². The van der Waals surface area contributed by atoms with Gasteiger partial charge < -0.3 is 14.6 Å². The number of halogens is 1. The van der Waals surface area contributed by atoms with Gasteiger partial charge in [0.15, 0.2) is 5.43 Å². The number of nitrogens with one attached hydrogen (secondary N) is 1. The number of H-pyrrole nitrogens is 1. The van der Waals surface area contributed by atoms with Gasteiger partial charge in [0.25, 0.3) is 5.91 Å². The molecule has 1 amide bonds. The number of rotatable bonds is 2. The fourth-order valence-corrected chi connectivity index (χ4v) is 2.20. The van der Waals surface area contributed by atoms with Crippen molar-refractivity contribution in [3.63, 3.8) is 0 Å². The molecule has 1 aromatic heterocycles. The van der Waals surface area contributed by atoms with Gasteiger partial charge in [0.05, 0.1) is 19.3 Å². The molecule has 1 aliphatic heterocycles. The second-order valence-electron chi connectivity index (χ2n) is 4.28. The minimum Gasteiger partial charge on any atom is -0.377 e. The Morgan fingerprint density at radius 3 is 3.11 bits per heavy atom. The van der Waals surface area contributed by atoms with Crippen LogP contribution in [-0.2, 0) is 4.74 Å². The van der Waals surface area contributed by atoms with Gasteiger partial charge in [-0.3, -0.25) is 9.59 Å². The van der Waals surface area contributed by atoms with Crippen molar-refractivity contribution >= 4 is 17.5 Å². The number of carbonyl (C=O) groups excluding carboxylic acids is 1. The van der Waals surface area contributed by atoms with Gasteiger partial charge in [-0.2, -0.15) is 0 Å². The molecule has 0 radical (unpaired) electrons. The molecular weight excluding hydrogens is 256 g/mol. The Bertz CT molecular complexity index is 500. The van der Waals surface area contributed by atoms with Crippen molar-refractivity contribution in [2.45, 2.75) is 13.0 Å². The van der Waals surface area contributed by atoms with Crippen LogP contribution in [0.1, 0.15) is 16.1 Å². The number of hydrogen-bond donors (Lipinski definition) is 1. The molecule has 1 atom stereocenters. The molecule has 0 saturated carbocycles. The van der Waals surface area contributed by atoms with E-state index in [1.165, 1.54) is 12.3 Å². The monoisotopic (exact) mass is 270 g/mol. The number of carbonyl (C=O) groups is 1.